The summed E-state index contributed by atoms with van der Waals surface area (Å²) in [7, 11) is 3.10. The van der Waals surface area contributed by atoms with Crippen LogP contribution >= 0.6 is 11.8 Å². The SMILES string of the molecule is COc1ccc(CNCCSC(F)(F)F)c(OC)c1. The quantitative estimate of drug-likeness (QED) is 0.783. The summed E-state index contributed by atoms with van der Waals surface area (Å²) in [5.41, 5.74) is -3.29. The molecule has 0 aliphatic rings. The van der Waals surface area contributed by atoms with E-state index in [0.29, 0.717) is 18.0 Å². The summed E-state index contributed by atoms with van der Waals surface area (Å²) in [5, 5.41) is 2.94. The predicted octanol–water partition coefficient (Wildman–Crippen LogP) is 3.05. The van der Waals surface area contributed by atoms with Gasteiger partial charge < -0.3 is 14.8 Å². The highest BCUT2D eigenvalue weighted by atomic mass is 32.2. The van der Waals surface area contributed by atoms with Crippen molar-refractivity contribution >= 4 is 11.8 Å². The second-order valence-electron chi connectivity index (χ2n) is 3.65. The van der Waals surface area contributed by atoms with Gasteiger partial charge in [-0.1, -0.05) is 6.07 Å². The van der Waals surface area contributed by atoms with Crippen LogP contribution in [0.15, 0.2) is 18.2 Å². The minimum absolute atomic E-state index is 0.0119. The number of halogens is 3. The van der Waals surface area contributed by atoms with Crippen LogP contribution < -0.4 is 14.8 Å². The predicted molar refractivity (Wildman–Crippen MR) is 69.8 cm³/mol. The first-order chi connectivity index (χ1) is 8.96. The molecule has 1 aromatic rings. The second-order valence-corrected chi connectivity index (χ2v) is 4.81. The van der Waals surface area contributed by atoms with Crippen molar-refractivity contribution in [1.82, 2.24) is 5.32 Å². The Balaban J connectivity index is 2.41. The molecule has 0 fully saturated rings. The van der Waals surface area contributed by atoms with Crippen LogP contribution in [0.4, 0.5) is 13.2 Å². The molecule has 0 spiro atoms. The van der Waals surface area contributed by atoms with Gasteiger partial charge in [0.2, 0.25) is 0 Å². The fourth-order valence-corrected chi connectivity index (χ4v) is 1.94. The molecule has 7 heteroatoms. The van der Waals surface area contributed by atoms with Crippen LogP contribution in [0.3, 0.4) is 0 Å². The van der Waals surface area contributed by atoms with Crippen molar-refractivity contribution in [3.05, 3.63) is 23.8 Å². The van der Waals surface area contributed by atoms with Gasteiger partial charge in [0.1, 0.15) is 11.5 Å². The van der Waals surface area contributed by atoms with Gasteiger partial charge in [0.15, 0.2) is 0 Å². The maximum atomic E-state index is 11.9. The molecule has 1 rings (SSSR count). The number of thioether (sulfide) groups is 1. The zero-order chi connectivity index (χ0) is 14.3. The van der Waals surface area contributed by atoms with Gasteiger partial charge >= 0.3 is 5.51 Å². The molecule has 0 radical (unpaired) electrons. The summed E-state index contributed by atoms with van der Waals surface area (Å²) in [6.07, 6.45) is 0. The highest BCUT2D eigenvalue weighted by Gasteiger charge is 2.27. The number of rotatable bonds is 7. The van der Waals surface area contributed by atoms with Gasteiger partial charge in [-0.15, -0.1) is 0 Å². The molecular weight excluding hydrogens is 279 g/mol. The molecule has 0 atom stereocenters. The molecule has 0 aliphatic carbocycles. The molecule has 0 heterocycles. The molecular formula is C12H16F3NO2S. The summed E-state index contributed by atoms with van der Waals surface area (Å²) in [6.45, 7) is 0.727. The van der Waals surface area contributed by atoms with Gasteiger partial charge in [-0.25, -0.2) is 0 Å². The molecule has 1 aromatic carbocycles. The number of methoxy groups -OCH3 is 2. The lowest BCUT2D eigenvalue weighted by Crippen LogP contribution is -2.18. The van der Waals surface area contributed by atoms with Crippen molar-refractivity contribution in [3.8, 4) is 11.5 Å². The fraction of sp³-hybridized carbons (Fsp3) is 0.500. The first-order valence-corrected chi connectivity index (χ1v) is 6.57. The Morgan fingerprint density at radius 2 is 1.95 bits per heavy atom. The molecule has 0 saturated carbocycles. The van der Waals surface area contributed by atoms with Crippen LogP contribution in [0.5, 0.6) is 11.5 Å². The molecule has 0 aliphatic heterocycles. The van der Waals surface area contributed by atoms with E-state index in [2.05, 4.69) is 5.32 Å². The third-order valence-electron chi connectivity index (χ3n) is 2.35. The van der Waals surface area contributed by atoms with E-state index in [9.17, 15) is 13.2 Å². The second kappa shape index (κ2) is 7.49. The smallest absolute Gasteiger partial charge is 0.441 e. The number of nitrogens with one attached hydrogen (secondary N) is 1. The first-order valence-electron chi connectivity index (χ1n) is 5.58. The van der Waals surface area contributed by atoms with E-state index >= 15 is 0 Å². The standard InChI is InChI=1S/C12H16F3NO2S/c1-17-10-4-3-9(11(7-10)18-2)8-16-5-6-19-12(13,14)15/h3-4,7,16H,5-6,8H2,1-2H3. The van der Waals surface area contributed by atoms with Crippen molar-refractivity contribution in [2.75, 3.05) is 26.5 Å². The zero-order valence-electron chi connectivity index (χ0n) is 10.7. The maximum Gasteiger partial charge on any atom is 0.441 e. The van der Waals surface area contributed by atoms with Crippen molar-refractivity contribution in [1.29, 1.82) is 0 Å². The molecule has 0 bridgehead atoms. The molecule has 19 heavy (non-hydrogen) atoms. The average molecular weight is 295 g/mol. The number of hydrogen-bond donors (Lipinski definition) is 1. The van der Waals surface area contributed by atoms with E-state index in [-0.39, 0.29) is 24.1 Å². The first kappa shape index (κ1) is 16.0. The number of benzene rings is 1. The highest BCUT2D eigenvalue weighted by Crippen LogP contribution is 2.29. The van der Waals surface area contributed by atoms with E-state index < -0.39 is 5.51 Å². The Hall–Kier alpha value is -1.08. The van der Waals surface area contributed by atoms with Crippen LogP contribution in [-0.2, 0) is 6.54 Å². The third-order valence-corrected chi connectivity index (χ3v) is 3.09. The summed E-state index contributed by atoms with van der Waals surface area (Å²) in [5.74, 6) is 1.31. The minimum atomic E-state index is -4.17. The Labute approximate surface area is 114 Å². The summed E-state index contributed by atoms with van der Waals surface area (Å²) >= 11 is -0.0290. The lowest BCUT2D eigenvalue weighted by atomic mass is 10.2. The lowest BCUT2D eigenvalue weighted by molar-refractivity contribution is -0.0327. The molecule has 1 N–H and O–H groups in total. The van der Waals surface area contributed by atoms with Crippen molar-refractivity contribution in [2.24, 2.45) is 0 Å². The Kier molecular flexibility index (Phi) is 6.30. The molecule has 0 amide bonds. The van der Waals surface area contributed by atoms with E-state index in [1.54, 1.807) is 19.2 Å². The van der Waals surface area contributed by atoms with Crippen LogP contribution in [-0.4, -0.2) is 32.0 Å². The van der Waals surface area contributed by atoms with Gasteiger partial charge in [0.05, 0.1) is 14.2 Å². The van der Waals surface area contributed by atoms with Gasteiger partial charge in [-0.2, -0.15) is 13.2 Å². The Morgan fingerprint density at radius 1 is 1.21 bits per heavy atom. The van der Waals surface area contributed by atoms with Crippen LogP contribution in [0, 0.1) is 0 Å². The maximum absolute atomic E-state index is 11.9. The van der Waals surface area contributed by atoms with E-state index in [0.717, 1.165) is 5.56 Å². The normalized spacial score (nSPS) is 11.4. The summed E-state index contributed by atoms with van der Waals surface area (Å²) in [4.78, 5) is 0. The summed E-state index contributed by atoms with van der Waals surface area (Å²) in [6, 6.07) is 5.34. The molecule has 0 unspecified atom stereocenters. The van der Waals surface area contributed by atoms with Gasteiger partial charge in [-0.3, -0.25) is 0 Å². The molecule has 3 nitrogen and oxygen atoms in total. The third kappa shape index (κ3) is 6.07. The van der Waals surface area contributed by atoms with E-state index in [4.69, 9.17) is 9.47 Å². The lowest BCUT2D eigenvalue weighted by Gasteiger charge is -2.11. The number of alkyl halides is 3. The minimum Gasteiger partial charge on any atom is -0.497 e. The topological polar surface area (TPSA) is 30.5 Å². The fourth-order valence-electron chi connectivity index (χ4n) is 1.46. The Morgan fingerprint density at radius 3 is 2.53 bits per heavy atom. The zero-order valence-corrected chi connectivity index (χ0v) is 11.5. The highest BCUT2D eigenvalue weighted by molar-refractivity contribution is 8.00. The molecule has 0 aromatic heterocycles. The molecule has 0 saturated heterocycles. The van der Waals surface area contributed by atoms with Crippen molar-refractivity contribution in [3.63, 3.8) is 0 Å². The van der Waals surface area contributed by atoms with Gasteiger partial charge in [0.25, 0.3) is 0 Å². The van der Waals surface area contributed by atoms with Gasteiger partial charge in [0, 0.05) is 30.5 Å². The number of hydrogen-bond acceptors (Lipinski definition) is 4. The van der Waals surface area contributed by atoms with Crippen molar-refractivity contribution < 1.29 is 22.6 Å². The van der Waals surface area contributed by atoms with Crippen molar-refractivity contribution in [2.45, 2.75) is 12.1 Å². The van der Waals surface area contributed by atoms with E-state index in [1.165, 1.54) is 7.11 Å². The monoisotopic (exact) mass is 295 g/mol. The Bertz CT molecular complexity index is 399. The molecule has 108 valence electrons. The largest absolute Gasteiger partial charge is 0.497 e. The van der Waals surface area contributed by atoms with Crippen LogP contribution in [0.1, 0.15) is 5.56 Å². The van der Waals surface area contributed by atoms with Crippen LogP contribution in [0.2, 0.25) is 0 Å². The summed E-state index contributed by atoms with van der Waals surface area (Å²) < 4.78 is 46.0. The van der Waals surface area contributed by atoms with Crippen LogP contribution in [0.25, 0.3) is 0 Å². The number of ether oxygens (including phenoxy) is 2. The average Bonchev–Trinajstić information content (AvgIpc) is 2.37. The van der Waals surface area contributed by atoms with E-state index in [1.807, 2.05) is 6.07 Å². The van der Waals surface area contributed by atoms with Gasteiger partial charge in [-0.05, 0) is 17.8 Å².